The molecule has 2 atom stereocenters. The number of hydrogen-bond acceptors (Lipinski definition) is 3. The first kappa shape index (κ1) is 20.1. The molecule has 0 aliphatic carbocycles. The van der Waals surface area contributed by atoms with Crippen LogP contribution in [-0.4, -0.2) is 52.0 Å². The van der Waals surface area contributed by atoms with E-state index in [-0.39, 0.29) is 18.0 Å². The fourth-order valence-electron chi connectivity index (χ4n) is 4.09. The van der Waals surface area contributed by atoms with E-state index >= 15 is 0 Å². The third-order valence-corrected chi connectivity index (χ3v) is 5.36. The Hall–Kier alpha value is -2.66. The maximum atomic E-state index is 12.8. The van der Waals surface area contributed by atoms with Gasteiger partial charge in [0.25, 0.3) is 0 Å². The van der Waals surface area contributed by atoms with Crippen molar-refractivity contribution in [2.75, 3.05) is 13.1 Å². The Kier molecular flexibility index (Phi) is 6.47. The minimum Gasteiger partial charge on any atom is -0.478 e. The molecule has 1 N–H and O–H groups in total. The van der Waals surface area contributed by atoms with Gasteiger partial charge in [-0.05, 0) is 43.5 Å². The minimum absolute atomic E-state index is 0.158. The molecule has 0 spiro atoms. The Bertz CT molecular complexity index is 792. The molecule has 0 unspecified atom stereocenters. The average Bonchev–Trinajstić information content (AvgIpc) is 2.67. The van der Waals surface area contributed by atoms with E-state index in [0.717, 1.165) is 31.6 Å². The van der Waals surface area contributed by atoms with Crippen molar-refractivity contribution in [1.82, 2.24) is 9.80 Å². The second-order valence-corrected chi connectivity index (χ2v) is 7.68. The van der Waals surface area contributed by atoms with Gasteiger partial charge in [0, 0.05) is 38.1 Å². The van der Waals surface area contributed by atoms with Crippen LogP contribution in [0.1, 0.15) is 41.8 Å². The molecule has 0 radical (unpaired) electrons. The molecule has 1 aliphatic rings. The molecule has 1 aliphatic heterocycles. The highest BCUT2D eigenvalue weighted by Gasteiger charge is 2.32. The van der Waals surface area contributed by atoms with Gasteiger partial charge >= 0.3 is 5.97 Å². The summed E-state index contributed by atoms with van der Waals surface area (Å²) in [5.74, 6) is -0.689. The molecule has 28 heavy (non-hydrogen) atoms. The molecule has 1 amide bonds. The van der Waals surface area contributed by atoms with Crippen molar-refractivity contribution in [1.29, 1.82) is 0 Å². The maximum Gasteiger partial charge on any atom is 0.335 e. The zero-order valence-electron chi connectivity index (χ0n) is 16.5. The predicted octanol–water partition coefficient (Wildman–Crippen LogP) is 3.44. The molecular weight excluding hydrogens is 352 g/mol. The van der Waals surface area contributed by atoms with Crippen LogP contribution in [0.2, 0.25) is 0 Å². The molecule has 2 aromatic carbocycles. The Balaban J connectivity index is 1.55. The molecule has 5 heteroatoms. The summed E-state index contributed by atoms with van der Waals surface area (Å²) in [5.41, 5.74) is 2.59. The van der Waals surface area contributed by atoms with Crippen LogP contribution in [0.5, 0.6) is 0 Å². The fourth-order valence-corrected chi connectivity index (χ4v) is 4.09. The van der Waals surface area contributed by atoms with Gasteiger partial charge in [0.2, 0.25) is 5.91 Å². The van der Waals surface area contributed by atoms with Gasteiger partial charge in [0.15, 0.2) is 0 Å². The molecule has 1 fully saturated rings. The molecule has 0 saturated carbocycles. The van der Waals surface area contributed by atoms with E-state index in [1.807, 2.05) is 35.2 Å². The summed E-state index contributed by atoms with van der Waals surface area (Å²) in [6, 6.07) is 17.5. The smallest absolute Gasteiger partial charge is 0.335 e. The van der Waals surface area contributed by atoms with Crippen LogP contribution in [0.15, 0.2) is 54.6 Å². The Morgan fingerprint density at radius 1 is 0.929 bits per heavy atom. The molecule has 0 bridgehead atoms. The van der Waals surface area contributed by atoms with Crippen LogP contribution >= 0.6 is 0 Å². The third-order valence-electron chi connectivity index (χ3n) is 5.36. The zero-order chi connectivity index (χ0) is 20.1. The quantitative estimate of drug-likeness (QED) is 0.834. The fraction of sp³-hybridized carbons (Fsp3) is 0.391. The highest BCUT2D eigenvalue weighted by atomic mass is 16.4. The van der Waals surface area contributed by atoms with Gasteiger partial charge in [-0.3, -0.25) is 9.69 Å². The first-order chi connectivity index (χ1) is 13.4. The van der Waals surface area contributed by atoms with Crippen molar-refractivity contribution < 1.29 is 14.7 Å². The number of hydrogen-bond donors (Lipinski definition) is 1. The number of benzene rings is 2. The van der Waals surface area contributed by atoms with Crippen LogP contribution < -0.4 is 0 Å². The van der Waals surface area contributed by atoms with Crippen molar-refractivity contribution >= 4 is 11.9 Å². The van der Waals surface area contributed by atoms with Gasteiger partial charge < -0.3 is 10.0 Å². The lowest BCUT2D eigenvalue weighted by atomic mass is 10.0. The van der Waals surface area contributed by atoms with E-state index in [9.17, 15) is 9.59 Å². The molecule has 2 aromatic rings. The number of carbonyl (C=O) groups is 2. The second-order valence-electron chi connectivity index (χ2n) is 7.68. The number of amides is 1. The lowest BCUT2D eigenvalue weighted by molar-refractivity contribution is -0.139. The lowest BCUT2D eigenvalue weighted by Crippen LogP contribution is -2.58. The SMILES string of the molecule is C[C@@H]1CN(Cc2ccc(C(=O)O)cc2)C[C@H](C)N1C(=O)CCc1ccccc1. The number of aromatic carboxylic acids is 1. The number of carbonyl (C=O) groups excluding carboxylic acids is 1. The first-order valence-corrected chi connectivity index (χ1v) is 9.83. The molecule has 0 aromatic heterocycles. The van der Waals surface area contributed by atoms with Gasteiger partial charge in [0.05, 0.1) is 5.56 Å². The summed E-state index contributed by atoms with van der Waals surface area (Å²) in [5, 5.41) is 9.02. The monoisotopic (exact) mass is 380 g/mol. The largest absolute Gasteiger partial charge is 0.478 e. The molecule has 3 rings (SSSR count). The van der Waals surface area contributed by atoms with E-state index in [4.69, 9.17) is 5.11 Å². The van der Waals surface area contributed by atoms with Crippen molar-refractivity contribution in [2.45, 2.75) is 45.3 Å². The molecule has 148 valence electrons. The summed E-state index contributed by atoms with van der Waals surface area (Å²) in [4.78, 5) is 28.2. The maximum absolute atomic E-state index is 12.8. The average molecular weight is 380 g/mol. The molecule has 1 saturated heterocycles. The van der Waals surface area contributed by atoms with Crippen molar-refractivity contribution in [2.24, 2.45) is 0 Å². The normalized spacial score (nSPS) is 20.1. The number of piperazine rings is 1. The Morgan fingerprint density at radius 2 is 1.54 bits per heavy atom. The Morgan fingerprint density at radius 3 is 2.11 bits per heavy atom. The van der Waals surface area contributed by atoms with Crippen LogP contribution in [-0.2, 0) is 17.8 Å². The van der Waals surface area contributed by atoms with E-state index in [1.54, 1.807) is 12.1 Å². The zero-order valence-corrected chi connectivity index (χ0v) is 16.5. The van der Waals surface area contributed by atoms with Gasteiger partial charge in [-0.2, -0.15) is 0 Å². The number of rotatable bonds is 6. The van der Waals surface area contributed by atoms with Gasteiger partial charge in [-0.15, -0.1) is 0 Å². The van der Waals surface area contributed by atoms with Crippen molar-refractivity contribution in [3.05, 3.63) is 71.3 Å². The van der Waals surface area contributed by atoms with E-state index in [1.165, 1.54) is 5.56 Å². The molecular formula is C23H28N2O3. The van der Waals surface area contributed by atoms with Crippen LogP contribution in [0.25, 0.3) is 0 Å². The lowest BCUT2D eigenvalue weighted by Gasteiger charge is -2.44. The number of aryl methyl sites for hydroxylation is 1. The molecule has 1 heterocycles. The predicted molar refractivity (Wildman–Crippen MR) is 109 cm³/mol. The number of nitrogens with zero attached hydrogens (tertiary/aromatic N) is 2. The highest BCUT2D eigenvalue weighted by molar-refractivity contribution is 5.87. The van der Waals surface area contributed by atoms with Crippen LogP contribution in [0.4, 0.5) is 0 Å². The summed E-state index contributed by atoms with van der Waals surface area (Å²) in [7, 11) is 0. The second kappa shape index (κ2) is 9.02. The summed E-state index contributed by atoms with van der Waals surface area (Å²) >= 11 is 0. The van der Waals surface area contributed by atoms with Crippen molar-refractivity contribution in [3.63, 3.8) is 0 Å². The summed E-state index contributed by atoms with van der Waals surface area (Å²) < 4.78 is 0. The number of carboxylic acids is 1. The standard InChI is InChI=1S/C23H28N2O3/c1-17-14-24(16-20-8-11-21(12-9-20)23(27)28)15-18(2)25(17)22(26)13-10-19-6-4-3-5-7-19/h3-9,11-12,17-18H,10,13-16H2,1-2H3,(H,27,28)/t17-,18+. The first-order valence-electron chi connectivity index (χ1n) is 9.83. The van der Waals surface area contributed by atoms with Crippen LogP contribution in [0, 0.1) is 0 Å². The van der Waals surface area contributed by atoms with Crippen molar-refractivity contribution in [3.8, 4) is 0 Å². The van der Waals surface area contributed by atoms with E-state index in [0.29, 0.717) is 12.0 Å². The summed E-state index contributed by atoms with van der Waals surface area (Å²) in [6.07, 6.45) is 1.31. The third kappa shape index (κ3) is 4.98. The number of carboxylic acid groups (broad SMARTS) is 1. The van der Waals surface area contributed by atoms with E-state index < -0.39 is 5.97 Å². The Labute approximate surface area is 166 Å². The van der Waals surface area contributed by atoms with Gasteiger partial charge in [-0.25, -0.2) is 4.79 Å². The summed E-state index contributed by atoms with van der Waals surface area (Å²) in [6.45, 7) is 6.62. The van der Waals surface area contributed by atoms with Gasteiger partial charge in [0.1, 0.15) is 0 Å². The van der Waals surface area contributed by atoms with Gasteiger partial charge in [-0.1, -0.05) is 42.5 Å². The molecule has 5 nitrogen and oxygen atoms in total. The minimum atomic E-state index is -0.906. The highest BCUT2D eigenvalue weighted by Crippen LogP contribution is 2.20. The van der Waals surface area contributed by atoms with Crippen LogP contribution in [0.3, 0.4) is 0 Å². The van der Waals surface area contributed by atoms with E-state index in [2.05, 4.69) is 30.9 Å². The topological polar surface area (TPSA) is 60.9 Å².